The Morgan fingerprint density at radius 2 is 1.72 bits per heavy atom. The number of halogens is 2. The third-order valence-corrected chi connectivity index (χ3v) is 3.18. The second kappa shape index (κ2) is 8.72. The van der Waals surface area contributed by atoms with E-state index >= 15 is 0 Å². The highest BCUT2D eigenvalue weighted by molar-refractivity contribution is 5.94. The largest absolute Gasteiger partial charge is 0.497 e. The molecule has 0 bridgehead atoms. The number of para-hydroxylation sites is 2. The van der Waals surface area contributed by atoms with Gasteiger partial charge in [-0.2, -0.15) is 8.78 Å². The van der Waals surface area contributed by atoms with Gasteiger partial charge >= 0.3 is 6.61 Å². The number of alkyl halides is 2. The van der Waals surface area contributed by atoms with Gasteiger partial charge in [0.2, 0.25) is 5.91 Å². The number of carbonyl (C=O) groups excluding carboxylic acids is 1. The lowest BCUT2D eigenvalue weighted by atomic mass is 10.2. The molecule has 1 amide bonds. The molecule has 134 valence electrons. The Labute approximate surface area is 143 Å². The minimum absolute atomic E-state index is 0.0339. The van der Waals surface area contributed by atoms with Crippen molar-refractivity contribution in [2.24, 2.45) is 0 Å². The number of carbonyl (C=O) groups is 1. The van der Waals surface area contributed by atoms with Gasteiger partial charge in [-0.25, -0.2) is 0 Å². The lowest BCUT2D eigenvalue weighted by molar-refractivity contribution is -0.114. The number of nitrogens with one attached hydrogen (secondary N) is 2. The van der Waals surface area contributed by atoms with E-state index in [2.05, 4.69) is 15.4 Å². The van der Waals surface area contributed by atoms with Crippen LogP contribution in [0.1, 0.15) is 0 Å². The number of rotatable bonds is 8. The van der Waals surface area contributed by atoms with Crippen molar-refractivity contribution in [1.82, 2.24) is 0 Å². The first-order chi connectivity index (χ1) is 12.0. The van der Waals surface area contributed by atoms with Crippen LogP contribution >= 0.6 is 0 Å². The molecular weight excluding hydrogens is 334 g/mol. The summed E-state index contributed by atoms with van der Waals surface area (Å²) in [5.74, 6) is 0.645. The third kappa shape index (κ3) is 5.52. The van der Waals surface area contributed by atoms with Crippen molar-refractivity contribution >= 4 is 17.3 Å². The molecule has 25 heavy (non-hydrogen) atoms. The summed E-state index contributed by atoms with van der Waals surface area (Å²) in [6.07, 6.45) is 0. The molecule has 2 aromatic carbocycles. The predicted molar refractivity (Wildman–Crippen MR) is 89.7 cm³/mol. The standard InChI is InChI=1S/C17H18F2N2O4/c1-23-12-7-11(8-13(9-12)24-2)21-16(22)10-20-14-5-3-4-6-15(14)25-17(18)19/h3-9,17,20H,10H2,1-2H3,(H,21,22). The molecule has 0 heterocycles. The van der Waals surface area contributed by atoms with E-state index in [0.29, 0.717) is 22.9 Å². The maximum Gasteiger partial charge on any atom is 0.387 e. The van der Waals surface area contributed by atoms with Crippen LogP contribution in [-0.2, 0) is 4.79 Å². The first kappa shape index (κ1) is 18.3. The van der Waals surface area contributed by atoms with Crippen LogP contribution in [0.25, 0.3) is 0 Å². The Morgan fingerprint density at radius 1 is 1.08 bits per heavy atom. The summed E-state index contributed by atoms with van der Waals surface area (Å²) in [6, 6.07) is 11.1. The Balaban J connectivity index is 2.00. The van der Waals surface area contributed by atoms with Crippen LogP contribution in [0.4, 0.5) is 20.2 Å². The zero-order chi connectivity index (χ0) is 18.2. The Morgan fingerprint density at radius 3 is 2.32 bits per heavy atom. The molecule has 6 nitrogen and oxygen atoms in total. The molecular formula is C17H18F2N2O4. The first-order valence-corrected chi connectivity index (χ1v) is 7.32. The summed E-state index contributed by atoms with van der Waals surface area (Å²) in [6.45, 7) is -3.08. The molecule has 0 aliphatic heterocycles. The van der Waals surface area contributed by atoms with Gasteiger partial charge in [0.15, 0.2) is 0 Å². The van der Waals surface area contributed by atoms with E-state index in [9.17, 15) is 13.6 Å². The summed E-state index contributed by atoms with van der Waals surface area (Å²) < 4.78 is 39.4. The van der Waals surface area contributed by atoms with Gasteiger partial charge in [-0.15, -0.1) is 0 Å². The second-order valence-electron chi connectivity index (χ2n) is 4.88. The highest BCUT2D eigenvalue weighted by Crippen LogP contribution is 2.27. The van der Waals surface area contributed by atoms with E-state index in [0.717, 1.165) is 0 Å². The van der Waals surface area contributed by atoms with Crippen LogP contribution in [0.5, 0.6) is 17.2 Å². The van der Waals surface area contributed by atoms with Gasteiger partial charge < -0.3 is 24.8 Å². The minimum Gasteiger partial charge on any atom is -0.497 e. The minimum atomic E-state index is -2.94. The van der Waals surface area contributed by atoms with Crippen molar-refractivity contribution in [3.05, 3.63) is 42.5 Å². The van der Waals surface area contributed by atoms with Crippen LogP contribution in [0, 0.1) is 0 Å². The zero-order valence-corrected chi connectivity index (χ0v) is 13.7. The third-order valence-electron chi connectivity index (χ3n) is 3.18. The molecule has 0 radical (unpaired) electrons. The Kier molecular flexibility index (Phi) is 6.39. The number of ether oxygens (including phenoxy) is 3. The number of hydrogen-bond donors (Lipinski definition) is 2. The quantitative estimate of drug-likeness (QED) is 0.762. The van der Waals surface area contributed by atoms with Gasteiger partial charge in [-0.1, -0.05) is 12.1 Å². The van der Waals surface area contributed by atoms with Crippen LogP contribution in [0.3, 0.4) is 0 Å². The van der Waals surface area contributed by atoms with Crippen LogP contribution < -0.4 is 24.8 Å². The number of hydrogen-bond acceptors (Lipinski definition) is 5. The van der Waals surface area contributed by atoms with E-state index in [1.807, 2.05) is 0 Å². The average molecular weight is 352 g/mol. The van der Waals surface area contributed by atoms with E-state index in [4.69, 9.17) is 9.47 Å². The molecule has 0 unspecified atom stereocenters. The molecule has 0 atom stereocenters. The summed E-state index contributed by atoms with van der Waals surface area (Å²) in [5, 5.41) is 5.43. The molecule has 2 N–H and O–H groups in total. The molecule has 0 aromatic heterocycles. The fraction of sp³-hybridized carbons (Fsp3) is 0.235. The van der Waals surface area contributed by atoms with Gasteiger partial charge in [0, 0.05) is 23.9 Å². The molecule has 8 heteroatoms. The van der Waals surface area contributed by atoms with Crippen LogP contribution in [0.2, 0.25) is 0 Å². The fourth-order valence-corrected chi connectivity index (χ4v) is 2.07. The highest BCUT2D eigenvalue weighted by atomic mass is 19.3. The molecule has 0 fully saturated rings. The number of benzene rings is 2. The highest BCUT2D eigenvalue weighted by Gasteiger charge is 2.11. The summed E-state index contributed by atoms with van der Waals surface area (Å²) in [5.41, 5.74) is 0.779. The predicted octanol–water partition coefficient (Wildman–Crippen LogP) is 3.36. The lowest BCUT2D eigenvalue weighted by Gasteiger charge is -2.13. The van der Waals surface area contributed by atoms with Gasteiger partial charge in [-0.05, 0) is 12.1 Å². The van der Waals surface area contributed by atoms with Crippen molar-refractivity contribution in [1.29, 1.82) is 0 Å². The number of amides is 1. The van der Waals surface area contributed by atoms with E-state index in [-0.39, 0.29) is 18.2 Å². The smallest absolute Gasteiger partial charge is 0.387 e. The van der Waals surface area contributed by atoms with E-state index in [1.54, 1.807) is 36.4 Å². The second-order valence-corrected chi connectivity index (χ2v) is 4.88. The van der Waals surface area contributed by atoms with Gasteiger partial charge in [0.05, 0.1) is 26.5 Å². The molecule has 2 rings (SSSR count). The zero-order valence-electron chi connectivity index (χ0n) is 13.7. The van der Waals surface area contributed by atoms with Gasteiger partial charge in [-0.3, -0.25) is 4.79 Å². The van der Waals surface area contributed by atoms with E-state index in [1.165, 1.54) is 20.3 Å². The van der Waals surface area contributed by atoms with Crippen LogP contribution in [-0.4, -0.2) is 33.3 Å². The van der Waals surface area contributed by atoms with Crippen molar-refractivity contribution in [3.63, 3.8) is 0 Å². The maximum absolute atomic E-state index is 12.4. The molecule has 0 saturated carbocycles. The molecule has 0 aliphatic rings. The summed E-state index contributed by atoms with van der Waals surface area (Å²) in [4.78, 5) is 12.1. The lowest BCUT2D eigenvalue weighted by Crippen LogP contribution is -2.22. The maximum atomic E-state index is 12.4. The first-order valence-electron chi connectivity index (χ1n) is 7.32. The van der Waals surface area contributed by atoms with Crippen molar-refractivity contribution in [2.45, 2.75) is 6.61 Å². The van der Waals surface area contributed by atoms with Crippen molar-refractivity contribution < 1.29 is 27.8 Å². The summed E-state index contributed by atoms with van der Waals surface area (Å²) in [7, 11) is 3.00. The van der Waals surface area contributed by atoms with E-state index < -0.39 is 6.61 Å². The van der Waals surface area contributed by atoms with Crippen molar-refractivity contribution in [2.75, 3.05) is 31.4 Å². The van der Waals surface area contributed by atoms with Gasteiger partial charge in [0.1, 0.15) is 17.2 Å². The molecule has 0 spiro atoms. The number of anilines is 2. The fourth-order valence-electron chi connectivity index (χ4n) is 2.07. The normalized spacial score (nSPS) is 10.3. The Hall–Kier alpha value is -3.03. The molecule has 0 saturated heterocycles. The molecule has 2 aromatic rings. The summed E-state index contributed by atoms with van der Waals surface area (Å²) >= 11 is 0. The average Bonchev–Trinajstić information content (AvgIpc) is 2.60. The van der Waals surface area contributed by atoms with Crippen molar-refractivity contribution in [3.8, 4) is 17.2 Å². The monoisotopic (exact) mass is 352 g/mol. The SMILES string of the molecule is COc1cc(NC(=O)CNc2ccccc2OC(F)F)cc(OC)c1. The number of methoxy groups -OCH3 is 2. The Bertz CT molecular complexity index is 703. The topological polar surface area (TPSA) is 68.8 Å². The molecule has 0 aliphatic carbocycles. The van der Waals surface area contributed by atoms with Gasteiger partial charge in [0.25, 0.3) is 0 Å². The van der Waals surface area contributed by atoms with Crippen LogP contribution in [0.15, 0.2) is 42.5 Å².